The van der Waals surface area contributed by atoms with Crippen LogP contribution in [0.5, 0.6) is 0 Å². The predicted molar refractivity (Wildman–Crippen MR) is 107 cm³/mol. The number of hydrogen-bond acceptors (Lipinski definition) is 7. The number of alkyl halides is 2. The highest BCUT2D eigenvalue weighted by atomic mass is 32.2. The largest absolute Gasteiger partial charge is 0.302 e. The molecule has 0 spiro atoms. The van der Waals surface area contributed by atoms with E-state index in [0.29, 0.717) is 30.1 Å². The van der Waals surface area contributed by atoms with E-state index < -0.39 is 16.3 Å². The maximum Gasteiger partial charge on any atom is 0.282 e. The van der Waals surface area contributed by atoms with Gasteiger partial charge in [0.1, 0.15) is 27.6 Å². The van der Waals surface area contributed by atoms with Gasteiger partial charge in [-0.3, -0.25) is 0 Å². The lowest BCUT2D eigenvalue weighted by atomic mass is 9.94. The zero-order valence-corrected chi connectivity index (χ0v) is 17.3. The summed E-state index contributed by atoms with van der Waals surface area (Å²) in [7, 11) is -3.01. The second-order valence-electron chi connectivity index (χ2n) is 7.57. The summed E-state index contributed by atoms with van der Waals surface area (Å²) in [4.78, 5) is 15.1. The van der Waals surface area contributed by atoms with E-state index >= 15 is 0 Å². The topological polar surface area (TPSA) is 93.4 Å². The molecule has 11 heteroatoms. The molecule has 3 aromatic rings. The Labute approximate surface area is 172 Å². The average Bonchev–Trinajstić information content (AvgIpc) is 3.15. The van der Waals surface area contributed by atoms with Crippen molar-refractivity contribution in [2.24, 2.45) is 0 Å². The monoisotopic (exact) mass is 436 g/mol. The molecule has 0 aromatic carbocycles. The highest BCUT2D eigenvalue weighted by Gasteiger charge is 2.24. The molecular formula is C19H22F2N6O2S. The molecule has 8 nitrogen and oxygen atoms in total. The first-order chi connectivity index (χ1) is 14.3. The molecule has 1 atom stereocenters. The van der Waals surface area contributed by atoms with Crippen molar-refractivity contribution in [3.8, 4) is 11.4 Å². The second-order valence-corrected chi connectivity index (χ2v) is 9.83. The Bertz CT molecular complexity index is 1150. The number of rotatable bonds is 6. The van der Waals surface area contributed by atoms with E-state index in [4.69, 9.17) is 0 Å². The Balaban J connectivity index is 1.59. The number of hydrogen-bond donors (Lipinski definition) is 0. The van der Waals surface area contributed by atoms with Gasteiger partial charge < -0.3 is 4.90 Å². The minimum atomic E-state index is -3.01. The fourth-order valence-corrected chi connectivity index (χ4v) is 4.30. The highest BCUT2D eigenvalue weighted by molar-refractivity contribution is 7.90. The molecule has 4 rings (SSSR count). The molecule has 1 aliphatic heterocycles. The van der Waals surface area contributed by atoms with E-state index in [1.165, 1.54) is 29.2 Å². The van der Waals surface area contributed by atoms with E-state index in [9.17, 15) is 17.2 Å². The van der Waals surface area contributed by atoms with Crippen molar-refractivity contribution >= 4 is 15.5 Å². The Morgan fingerprint density at radius 2 is 2.07 bits per heavy atom. The van der Waals surface area contributed by atoms with Crippen molar-refractivity contribution in [1.29, 1.82) is 0 Å². The standard InChI is InChI=1S/C19H22F2N6O2S/c1-30(28,29)8-7-26-6-2-3-13(11-26)15-9-16(24-12-23-15)17-10-22-18-5-4-14(19(20)21)25-27(17)18/h4-5,9-10,12-13,19H,2-3,6-8,11H2,1H3. The van der Waals surface area contributed by atoms with Crippen molar-refractivity contribution in [2.45, 2.75) is 25.2 Å². The van der Waals surface area contributed by atoms with E-state index in [2.05, 4.69) is 25.0 Å². The van der Waals surface area contributed by atoms with Gasteiger partial charge in [-0.25, -0.2) is 36.7 Å². The maximum absolute atomic E-state index is 13.1. The summed E-state index contributed by atoms with van der Waals surface area (Å²) in [6.07, 6.45) is 3.47. The van der Waals surface area contributed by atoms with Crippen LogP contribution in [0.2, 0.25) is 0 Å². The fourth-order valence-electron chi connectivity index (χ4n) is 3.71. The summed E-state index contributed by atoms with van der Waals surface area (Å²) in [5.74, 6) is 0.276. The van der Waals surface area contributed by atoms with Crippen LogP contribution in [0.4, 0.5) is 8.78 Å². The molecule has 0 amide bonds. The number of nitrogens with zero attached hydrogens (tertiary/aromatic N) is 6. The third-order valence-electron chi connectivity index (χ3n) is 5.26. The summed E-state index contributed by atoms with van der Waals surface area (Å²) in [6.45, 7) is 2.07. The minimum absolute atomic E-state index is 0.134. The van der Waals surface area contributed by atoms with Crippen LogP contribution in [-0.2, 0) is 9.84 Å². The number of likely N-dealkylation sites (tertiary alicyclic amines) is 1. The molecule has 1 aliphatic rings. The van der Waals surface area contributed by atoms with Gasteiger partial charge in [-0.2, -0.15) is 5.10 Å². The van der Waals surface area contributed by atoms with E-state index in [-0.39, 0.29) is 17.4 Å². The molecule has 3 aromatic heterocycles. The van der Waals surface area contributed by atoms with Crippen LogP contribution in [0.1, 0.15) is 36.6 Å². The third kappa shape index (κ3) is 4.62. The summed E-state index contributed by atoms with van der Waals surface area (Å²) >= 11 is 0. The maximum atomic E-state index is 13.1. The van der Waals surface area contributed by atoms with Crippen LogP contribution in [0, 0.1) is 0 Å². The molecule has 4 heterocycles. The third-order valence-corrected chi connectivity index (χ3v) is 6.18. The SMILES string of the molecule is CS(=O)(=O)CCN1CCCC(c2cc(-c3cnc4ccc(C(F)F)nn34)ncn2)C1. The van der Waals surface area contributed by atoms with Crippen molar-refractivity contribution in [1.82, 2.24) is 29.5 Å². The van der Waals surface area contributed by atoms with Crippen molar-refractivity contribution in [3.05, 3.63) is 42.1 Å². The van der Waals surface area contributed by atoms with Gasteiger partial charge in [0, 0.05) is 31.0 Å². The molecule has 0 radical (unpaired) electrons. The quantitative estimate of drug-likeness (QED) is 0.586. The molecule has 1 unspecified atom stereocenters. The lowest BCUT2D eigenvalue weighted by Gasteiger charge is -2.32. The zero-order valence-electron chi connectivity index (χ0n) is 16.4. The van der Waals surface area contributed by atoms with Crippen molar-refractivity contribution in [3.63, 3.8) is 0 Å². The Kier molecular flexibility index (Phi) is 5.74. The van der Waals surface area contributed by atoms with Gasteiger partial charge in [-0.1, -0.05) is 0 Å². The lowest BCUT2D eigenvalue weighted by molar-refractivity contribution is 0.144. The van der Waals surface area contributed by atoms with Crippen molar-refractivity contribution < 1.29 is 17.2 Å². The molecule has 160 valence electrons. The number of imidazole rings is 1. The van der Waals surface area contributed by atoms with Crippen molar-refractivity contribution in [2.75, 3.05) is 31.6 Å². The Morgan fingerprint density at radius 1 is 1.23 bits per heavy atom. The van der Waals surface area contributed by atoms with Gasteiger partial charge in [0.25, 0.3) is 6.43 Å². The Morgan fingerprint density at radius 3 is 2.83 bits per heavy atom. The van der Waals surface area contributed by atoms with Crippen LogP contribution in [0.3, 0.4) is 0 Å². The molecule has 30 heavy (non-hydrogen) atoms. The molecule has 1 saturated heterocycles. The number of sulfone groups is 1. The summed E-state index contributed by atoms with van der Waals surface area (Å²) in [6, 6.07) is 4.60. The molecular weight excluding hydrogens is 414 g/mol. The normalized spacial score (nSPS) is 18.3. The zero-order chi connectivity index (χ0) is 21.3. The number of aromatic nitrogens is 5. The van der Waals surface area contributed by atoms with Gasteiger partial charge in [-0.15, -0.1) is 0 Å². The summed E-state index contributed by atoms with van der Waals surface area (Å²) < 4.78 is 50.4. The second kappa shape index (κ2) is 8.31. The highest BCUT2D eigenvalue weighted by Crippen LogP contribution is 2.28. The lowest BCUT2D eigenvalue weighted by Crippen LogP contribution is -2.37. The van der Waals surface area contributed by atoms with E-state index in [1.54, 1.807) is 6.20 Å². The van der Waals surface area contributed by atoms with Gasteiger partial charge in [0.05, 0.1) is 17.6 Å². The van der Waals surface area contributed by atoms with Gasteiger partial charge in [0.15, 0.2) is 5.65 Å². The minimum Gasteiger partial charge on any atom is -0.302 e. The van der Waals surface area contributed by atoms with Crippen LogP contribution in [0.15, 0.2) is 30.7 Å². The van der Waals surface area contributed by atoms with Crippen LogP contribution in [-0.4, -0.2) is 69.5 Å². The smallest absolute Gasteiger partial charge is 0.282 e. The average molecular weight is 436 g/mol. The van der Waals surface area contributed by atoms with Crippen LogP contribution in [0.25, 0.3) is 17.0 Å². The molecule has 0 aliphatic carbocycles. The first kappa shape index (κ1) is 20.7. The fraction of sp³-hybridized carbons (Fsp3) is 0.474. The molecule has 1 fully saturated rings. The number of piperidine rings is 1. The first-order valence-electron chi connectivity index (χ1n) is 9.65. The van der Waals surface area contributed by atoms with Crippen LogP contribution < -0.4 is 0 Å². The Hall–Kier alpha value is -2.53. The van der Waals surface area contributed by atoms with Gasteiger partial charge in [-0.05, 0) is 37.6 Å². The molecule has 0 N–H and O–H groups in total. The van der Waals surface area contributed by atoms with E-state index in [1.807, 2.05) is 6.07 Å². The predicted octanol–water partition coefficient (Wildman–Crippen LogP) is 2.35. The first-order valence-corrected chi connectivity index (χ1v) is 11.7. The van der Waals surface area contributed by atoms with Gasteiger partial charge in [0.2, 0.25) is 0 Å². The van der Waals surface area contributed by atoms with Gasteiger partial charge >= 0.3 is 0 Å². The summed E-state index contributed by atoms with van der Waals surface area (Å²) in [5, 5.41) is 3.99. The number of fused-ring (bicyclic) bond motifs is 1. The molecule has 0 bridgehead atoms. The van der Waals surface area contributed by atoms with Crippen LogP contribution >= 0.6 is 0 Å². The summed E-state index contributed by atoms with van der Waals surface area (Å²) in [5.41, 5.74) is 2.04. The van der Waals surface area contributed by atoms with E-state index in [0.717, 1.165) is 25.1 Å². The molecule has 0 saturated carbocycles. The number of halogens is 2.